The molecule has 2 aromatic rings. The van der Waals surface area contributed by atoms with Gasteiger partial charge in [0.1, 0.15) is 11.6 Å². The Morgan fingerprint density at radius 2 is 2.00 bits per heavy atom. The number of methoxy groups -OCH3 is 1. The molecule has 2 aromatic carbocycles. The maximum atomic E-state index is 14.0. The molecule has 112 valence electrons. The number of anilines is 1. The minimum absolute atomic E-state index is 0.0972. The van der Waals surface area contributed by atoms with Crippen LogP contribution in [0.15, 0.2) is 40.9 Å². The Hall–Kier alpha value is -1.55. The van der Waals surface area contributed by atoms with Gasteiger partial charge in [0.05, 0.1) is 18.8 Å². The Kier molecular flexibility index (Phi) is 5.23. The highest BCUT2D eigenvalue weighted by molar-refractivity contribution is 9.10. The molecule has 0 saturated heterocycles. The number of nitrogens with one attached hydrogen (secondary N) is 1. The monoisotopic (exact) mass is 351 g/mol. The zero-order valence-electron chi connectivity index (χ0n) is 12.4. The van der Waals surface area contributed by atoms with Crippen molar-refractivity contribution in [2.75, 3.05) is 12.4 Å². The average Bonchev–Trinajstić information content (AvgIpc) is 2.47. The van der Waals surface area contributed by atoms with Gasteiger partial charge < -0.3 is 10.1 Å². The summed E-state index contributed by atoms with van der Waals surface area (Å²) in [5, 5.41) is 3.42. The number of halogens is 2. The lowest BCUT2D eigenvalue weighted by Gasteiger charge is -2.22. The quantitative estimate of drug-likeness (QED) is 0.771. The molecule has 0 bridgehead atoms. The van der Waals surface area contributed by atoms with Gasteiger partial charge in [-0.2, -0.15) is 0 Å². The van der Waals surface area contributed by atoms with E-state index in [1.807, 2.05) is 38.1 Å². The van der Waals surface area contributed by atoms with Crippen LogP contribution in [0.5, 0.6) is 5.75 Å². The fraction of sp³-hybridized carbons (Fsp3) is 0.294. The molecule has 0 spiro atoms. The van der Waals surface area contributed by atoms with Gasteiger partial charge in [0.2, 0.25) is 0 Å². The highest BCUT2D eigenvalue weighted by Crippen LogP contribution is 2.35. The molecule has 0 aliphatic rings. The van der Waals surface area contributed by atoms with Crippen LogP contribution in [0.4, 0.5) is 10.1 Å². The number of benzene rings is 2. The second-order valence-corrected chi connectivity index (χ2v) is 5.84. The highest BCUT2D eigenvalue weighted by Gasteiger charge is 2.17. The first-order valence-corrected chi connectivity index (χ1v) is 7.71. The molecule has 1 unspecified atom stereocenters. The topological polar surface area (TPSA) is 21.3 Å². The number of ether oxygens (including phenoxy) is 1. The fourth-order valence-corrected chi connectivity index (χ4v) is 2.94. The minimum atomic E-state index is -0.189. The number of hydrogen-bond donors (Lipinski definition) is 1. The van der Waals surface area contributed by atoms with E-state index in [4.69, 9.17) is 4.74 Å². The maximum Gasteiger partial charge on any atom is 0.143 e. The SMILES string of the molecule is CCC(Nc1c(C)cc(Br)cc1OC)c1ccccc1F. The van der Waals surface area contributed by atoms with Crippen LogP contribution in [-0.4, -0.2) is 7.11 Å². The molecule has 21 heavy (non-hydrogen) atoms. The Labute approximate surface area is 133 Å². The van der Waals surface area contributed by atoms with Gasteiger partial charge in [0.25, 0.3) is 0 Å². The molecular formula is C17H19BrFNO. The van der Waals surface area contributed by atoms with Crippen molar-refractivity contribution in [3.8, 4) is 5.75 Å². The zero-order valence-corrected chi connectivity index (χ0v) is 14.0. The Morgan fingerprint density at radius 1 is 1.29 bits per heavy atom. The van der Waals surface area contributed by atoms with Crippen LogP contribution >= 0.6 is 15.9 Å². The summed E-state index contributed by atoms with van der Waals surface area (Å²) in [5.74, 6) is 0.558. The molecule has 0 saturated carbocycles. The van der Waals surface area contributed by atoms with Crippen LogP contribution in [-0.2, 0) is 0 Å². The lowest BCUT2D eigenvalue weighted by molar-refractivity contribution is 0.415. The summed E-state index contributed by atoms with van der Waals surface area (Å²) >= 11 is 3.46. The maximum absolute atomic E-state index is 14.0. The summed E-state index contributed by atoms with van der Waals surface area (Å²) in [4.78, 5) is 0. The first-order chi connectivity index (χ1) is 10.1. The molecule has 0 aromatic heterocycles. The number of rotatable bonds is 5. The predicted octanol–water partition coefficient (Wildman–Crippen LogP) is 5.47. The minimum Gasteiger partial charge on any atom is -0.495 e. The third-order valence-electron chi connectivity index (χ3n) is 3.49. The predicted molar refractivity (Wildman–Crippen MR) is 88.5 cm³/mol. The van der Waals surface area contributed by atoms with Crippen molar-refractivity contribution >= 4 is 21.6 Å². The van der Waals surface area contributed by atoms with E-state index < -0.39 is 0 Å². The van der Waals surface area contributed by atoms with E-state index in [9.17, 15) is 4.39 Å². The largest absolute Gasteiger partial charge is 0.495 e. The van der Waals surface area contributed by atoms with Crippen LogP contribution in [0, 0.1) is 12.7 Å². The molecule has 1 atom stereocenters. The lowest BCUT2D eigenvalue weighted by Crippen LogP contribution is -2.13. The Bertz CT molecular complexity index is 630. The van der Waals surface area contributed by atoms with Gasteiger partial charge in [0, 0.05) is 10.0 Å². The summed E-state index contributed by atoms with van der Waals surface area (Å²) in [5.41, 5.74) is 2.62. The van der Waals surface area contributed by atoms with Crippen LogP contribution in [0.25, 0.3) is 0 Å². The molecule has 2 rings (SSSR count). The summed E-state index contributed by atoms with van der Waals surface area (Å²) in [7, 11) is 1.64. The van der Waals surface area contributed by atoms with Crippen molar-refractivity contribution in [2.45, 2.75) is 26.3 Å². The summed E-state index contributed by atoms with van der Waals surface area (Å²) in [6.45, 7) is 4.04. The van der Waals surface area contributed by atoms with Gasteiger partial charge in [-0.15, -0.1) is 0 Å². The molecule has 0 amide bonds. The van der Waals surface area contributed by atoms with Crippen LogP contribution in [0.1, 0.15) is 30.5 Å². The molecule has 2 nitrogen and oxygen atoms in total. The smallest absolute Gasteiger partial charge is 0.143 e. The summed E-state index contributed by atoms with van der Waals surface area (Å²) in [6, 6.07) is 10.7. The Balaban J connectivity index is 2.38. The first-order valence-electron chi connectivity index (χ1n) is 6.92. The van der Waals surface area contributed by atoms with Gasteiger partial charge >= 0.3 is 0 Å². The van der Waals surface area contributed by atoms with E-state index in [0.29, 0.717) is 5.56 Å². The van der Waals surface area contributed by atoms with Crippen molar-refractivity contribution in [1.29, 1.82) is 0 Å². The van der Waals surface area contributed by atoms with E-state index >= 15 is 0 Å². The molecule has 0 radical (unpaired) electrons. The third kappa shape index (κ3) is 3.56. The number of aryl methyl sites for hydroxylation is 1. The van der Waals surface area contributed by atoms with Crippen LogP contribution in [0.2, 0.25) is 0 Å². The van der Waals surface area contributed by atoms with E-state index in [-0.39, 0.29) is 11.9 Å². The molecule has 1 N–H and O–H groups in total. The van der Waals surface area contributed by atoms with Gasteiger partial charge in [-0.25, -0.2) is 4.39 Å². The van der Waals surface area contributed by atoms with E-state index in [0.717, 1.165) is 27.9 Å². The molecule has 0 fully saturated rings. The molecule has 0 aliphatic carbocycles. The lowest BCUT2D eigenvalue weighted by atomic mass is 10.0. The van der Waals surface area contributed by atoms with Gasteiger partial charge in [-0.3, -0.25) is 0 Å². The third-order valence-corrected chi connectivity index (χ3v) is 3.95. The highest BCUT2D eigenvalue weighted by atomic mass is 79.9. The van der Waals surface area contributed by atoms with Crippen molar-refractivity contribution in [1.82, 2.24) is 0 Å². The Morgan fingerprint density at radius 3 is 2.62 bits per heavy atom. The van der Waals surface area contributed by atoms with Crippen LogP contribution in [0.3, 0.4) is 0 Å². The fourth-order valence-electron chi connectivity index (χ4n) is 2.39. The average molecular weight is 352 g/mol. The normalized spacial score (nSPS) is 12.0. The molecule has 4 heteroatoms. The zero-order chi connectivity index (χ0) is 15.4. The first kappa shape index (κ1) is 15.8. The second kappa shape index (κ2) is 6.94. The number of hydrogen-bond acceptors (Lipinski definition) is 2. The van der Waals surface area contributed by atoms with E-state index in [1.54, 1.807) is 13.2 Å². The van der Waals surface area contributed by atoms with Crippen molar-refractivity contribution < 1.29 is 9.13 Å². The van der Waals surface area contributed by atoms with Crippen molar-refractivity contribution in [3.05, 3.63) is 57.8 Å². The van der Waals surface area contributed by atoms with Gasteiger partial charge in [-0.1, -0.05) is 41.1 Å². The van der Waals surface area contributed by atoms with Crippen LogP contribution < -0.4 is 10.1 Å². The molecule has 0 heterocycles. The summed E-state index contributed by atoms with van der Waals surface area (Å²) in [6.07, 6.45) is 0.777. The molecule has 0 aliphatic heterocycles. The van der Waals surface area contributed by atoms with E-state index in [1.165, 1.54) is 6.07 Å². The van der Waals surface area contributed by atoms with Gasteiger partial charge in [-0.05, 0) is 37.1 Å². The van der Waals surface area contributed by atoms with Crippen molar-refractivity contribution in [3.63, 3.8) is 0 Å². The van der Waals surface area contributed by atoms with Gasteiger partial charge in [0.15, 0.2) is 0 Å². The standard InChI is InChI=1S/C17H19BrFNO/c1-4-15(13-7-5-6-8-14(13)19)20-17-11(2)9-12(18)10-16(17)21-3/h5-10,15,20H,4H2,1-3H3. The second-order valence-electron chi connectivity index (χ2n) is 4.93. The molecular weight excluding hydrogens is 333 g/mol. The van der Waals surface area contributed by atoms with E-state index in [2.05, 4.69) is 21.2 Å². The van der Waals surface area contributed by atoms with Crippen molar-refractivity contribution in [2.24, 2.45) is 0 Å². The summed E-state index contributed by atoms with van der Waals surface area (Å²) < 4.78 is 20.4.